The lowest BCUT2D eigenvalue weighted by molar-refractivity contribution is 0.297. The Balaban J connectivity index is 2.02. The minimum absolute atomic E-state index is 0.440. The Hall–Kier alpha value is -1.10. The first kappa shape index (κ1) is 16.3. The van der Waals surface area contributed by atoms with Crippen molar-refractivity contribution < 1.29 is 4.74 Å². The van der Waals surface area contributed by atoms with Crippen LogP contribution in [0.15, 0.2) is 41.0 Å². The summed E-state index contributed by atoms with van der Waals surface area (Å²) in [4.78, 5) is 4.30. The van der Waals surface area contributed by atoms with Gasteiger partial charge in [0.15, 0.2) is 0 Å². The van der Waals surface area contributed by atoms with Crippen molar-refractivity contribution in [1.82, 2.24) is 10.3 Å². The molecule has 0 spiro atoms. The molecule has 5 heteroatoms. The molecule has 0 aliphatic rings. The molecule has 21 heavy (non-hydrogen) atoms. The Morgan fingerprint density at radius 3 is 2.86 bits per heavy atom. The zero-order valence-corrected chi connectivity index (χ0v) is 14.2. The molecule has 0 unspecified atom stereocenters. The van der Waals surface area contributed by atoms with Crippen LogP contribution in [0.5, 0.6) is 5.75 Å². The molecule has 0 aliphatic heterocycles. The number of pyridine rings is 1. The summed E-state index contributed by atoms with van der Waals surface area (Å²) in [5.41, 5.74) is 1.95. The molecule has 0 saturated carbocycles. The Morgan fingerprint density at radius 1 is 1.29 bits per heavy atom. The zero-order valence-electron chi connectivity index (χ0n) is 11.9. The Kier molecular flexibility index (Phi) is 6.49. The van der Waals surface area contributed by atoms with E-state index < -0.39 is 0 Å². The number of hydrogen-bond donors (Lipinski definition) is 1. The summed E-state index contributed by atoms with van der Waals surface area (Å²) in [5.74, 6) is 0.840. The van der Waals surface area contributed by atoms with Crippen LogP contribution < -0.4 is 10.1 Å². The number of halogens is 2. The molecule has 0 radical (unpaired) electrons. The zero-order chi connectivity index (χ0) is 15.1. The SMILES string of the molecule is CCCNCc1cc(Cl)ccc1OCc1ccc(Br)cn1. The lowest BCUT2D eigenvalue weighted by Gasteiger charge is -2.12. The number of ether oxygens (including phenoxy) is 1. The van der Waals surface area contributed by atoms with Gasteiger partial charge in [-0.25, -0.2) is 0 Å². The van der Waals surface area contributed by atoms with E-state index in [2.05, 4.69) is 33.2 Å². The van der Waals surface area contributed by atoms with Crippen molar-refractivity contribution >= 4 is 27.5 Å². The number of nitrogens with zero attached hydrogens (tertiary/aromatic N) is 1. The summed E-state index contributed by atoms with van der Waals surface area (Å²) in [6, 6.07) is 9.58. The molecule has 3 nitrogen and oxygen atoms in total. The maximum atomic E-state index is 6.06. The smallest absolute Gasteiger partial charge is 0.130 e. The fraction of sp³-hybridized carbons (Fsp3) is 0.312. The first-order valence-corrected chi connectivity index (χ1v) is 8.08. The van der Waals surface area contributed by atoms with Crippen molar-refractivity contribution in [2.24, 2.45) is 0 Å². The van der Waals surface area contributed by atoms with Crippen molar-refractivity contribution in [3.63, 3.8) is 0 Å². The summed E-state index contributed by atoms with van der Waals surface area (Å²) < 4.78 is 6.83. The van der Waals surface area contributed by atoms with Crippen LogP contribution in [-0.2, 0) is 13.2 Å². The van der Waals surface area contributed by atoms with Crippen molar-refractivity contribution in [1.29, 1.82) is 0 Å². The van der Waals surface area contributed by atoms with Crippen LogP contribution >= 0.6 is 27.5 Å². The standard InChI is InChI=1S/C16H18BrClN2O/c1-2-7-19-9-12-8-14(18)4-6-16(12)21-11-15-5-3-13(17)10-20-15/h3-6,8,10,19H,2,7,9,11H2,1H3. The molecule has 1 aromatic heterocycles. The molecule has 2 rings (SSSR count). The Morgan fingerprint density at radius 2 is 2.14 bits per heavy atom. The number of hydrogen-bond acceptors (Lipinski definition) is 3. The minimum Gasteiger partial charge on any atom is -0.487 e. The highest BCUT2D eigenvalue weighted by molar-refractivity contribution is 9.10. The number of aromatic nitrogens is 1. The van der Waals surface area contributed by atoms with Gasteiger partial charge in [-0.3, -0.25) is 4.98 Å². The first-order valence-electron chi connectivity index (χ1n) is 6.91. The number of benzene rings is 1. The molecule has 1 heterocycles. The van der Waals surface area contributed by atoms with Gasteiger partial charge in [0.1, 0.15) is 12.4 Å². The maximum absolute atomic E-state index is 6.06. The van der Waals surface area contributed by atoms with E-state index in [4.69, 9.17) is 16.3 Å². The van der Waals surface area contributed by atoms with Gasteiger partial charge >= 0.3 is 0 Å². The van der Waals surface area contributed by atoms with Crippen molar-refractivity contribution in [2.45, 2.75) is 26.5 Å². The van der Waals surface area contributed by atoms with Crippen LogP contribution in [-0.4, -0.2) is 11.5 Å². The van der Waals surface area contributed by atoms with Gasteiger partial charge in [-0.05, 0) is 59.2 Å². The Labute approximate surface area is 138 Å². The predicted octanol–water partition coefficient (Wildman–Crippen LogP) is 4.58. The summed E-state index contributed by atoms with van der Waals surface area (Å²) in [6.07, 6.45) is 2.86. The third-order valence-electron chi connectivity index (χ3n) is 2.93. The van der Waals surface area contributed by atoms with E-state index in [-0.39, 0.29) is 0 Å². The molecule has 1 N–H and O–H groups in total. The minimum atomic E-state index is 0.440. The molecule has 0 aliphatic carbocycles. The monoisotopic (exact) mass is 368 g/mol. The number of rotatable bonds is 7. The first-order chi connectivity index (χ1) is 10.2. The van der Waals surface area contributed by atoms with E-state index >= 15 is 0 Å². The van der Waals surface area contributed by atoms with Gasteiger partial charge in [0.25, 0.3) is 0 Å². The Bertz CT molecular complexity index is 575. The van der Waals surface area contributed by atoms with Crippen LogP contribution in [0.1, 0.15) is 24.6 Å². The second kappa shape index (κ2) is 8.37. The van der Waals surface area contributed by atoms with Crippen molar-refractivity contribution in [3.05, 3.63) is 57.3 Å². The molecule has 0 bridgehead atoms. The van der Waals surface area contributed by atoms with E-state index in [1.165, 1.54) is 0 Å². The molecule has 112 valence electrons. The van der Waals surface area contributed by atoms with Gasteiger partial charge in [0, 0.05) is 27.8 Å². The van der Waals surface area contributed by atoms with E-state index in [0.29, 0.717) is 6.61 Å². The van der Waals surface area contributed by atoms with Crippen LogP contribution in [0, 0.1) is 0 Å². The van der Waals surface area contributed by atoms with Gasteiger partial charge in [-0.2, -0.15) is 0 Å². The molecule has 0 saturated heterocycles. The van der Waals surface area contributed by atoms with Crippen molar-refractivity contribution in [3.8, 4) is 5.75 Å². The molecule has 0 amide bonds. The van der Waals surface area contributed by atoms with Gasteiger partial charge < -0.3 is 10.1 Å². The summed E-state index contributed by atoms with van der Waals surface area (Å²) >= 11 is 9.43. The van der Waals surface area contributed by atoms with Crippen LogP contribution in [0.4, 0.5) is 0 Å². The third kappa shape index (κ3) is 5.30. The van der Waals surface area contributed by atoms with E-state index in [1.807, 2.05) is 30.3 Å². The van der Waals surface area contributed by atoms with Crippen LogP contribution in [0.2, 0.25) is 5.02 Å². The molecule has 0 fully saturated rings. The maximum Gasteiger partial charge on any atom is 0.130 e. The van der Waals surface area contributed by atoms with E-state index in [1.54, 1.807) is 6.20 Å². The van der Waals surface area contributed by atoms with Gasteiger partial charge in [-0.1, -0.05) is 18.5 Å². The molecule has 1 aromatic carbocycles. The lowest BCUT2D eigenvalue weighted by Crippen LogP contribution is -2.14. The van der Waals surface area contributed by atoms with Crippen LogP contribution in [0.25, 0.3) is 0 Å². The summed E-state index contributed by atoms with van der Waals surface area (Å²) in [5, 5.41) is 4.08. The third-order valence-corrected chi connectivity index (χ3v) is 3.63. The van der Waals surface area contributed by atoms with E-state index in [9.17, 15) is 0 Å². The fourth-order valence-electron chi connectivity index (χ4n) is 1.87. The average Bonchev–Trinajstić information content (AvgIpc) is 2.48. The average molecular weight is 370 g/mol. The quantitative estimate of drug-likeness (QED) is 0.726. The van der Waals surface area contributed by atoms with E-state index in [0.717, 1.165) is 46.0 Å². The highest BCUT2D eigenvalue weighted by Crippen LogP contribution is 2.23. The lowest BCUT2D eigenvalue weighted by atomic mass is 10.2. The predicted molar refractivity (Wildman–Crippen MR) is 89.7 cm³/mol. The molecule has 0 atom stereocenters. The van der Waals surface area contributed by atoms with Gasteiger partial charge in [0.05, 0.1) is 5.69 Å². The highest BCUT2D eigenvalue weighted by Gasteiger charge is 2.05. The topological polar surface area (TPSA) is 34.1 Å². The second-order valence-electron chi connectivity index (χ2n) is 4.69. The van der Waals surface area contributed by atoms with Gasteiger partial charge in [-0.15, -0.1) is 0 Å². The second-order valence-corrected chi connectivity index (χ2v) is 6.04. The van der Waals surface area contributed by atoms with Gasteiger partial charge in [0.2, 0.25) is 0 Å². The largest absolute Gasteiger partial charge is 0.487 e. The molecular formula is C16H18BrClN2O. The number of nitrogens with one attached hydrogen (secondary N) is 1. The normalized spacial score (nSPS) is 10.6. The van der Waals surface area contributed by atoms with Crippen LogP contribution in [0.3, 0.4) is 0 Å². The molecule has 2 aromatic rings. The molecular weight excluding hydrogens is 352 g/mol. The highest BCUT2D eigenvalue weighted by atomic mass is 79.9. The summed E-state index contributed by atoms with van der Waals surface area (Å²) in [6.45, 7) is 4.30. The van der Waals surface area contributed by atoms with Crippen molar-refractivity contribution in [2.75, 3.05) is 6.54 Å². The fourth-order valence-corrected chi connectivity index (χ4v) is 2.30. The summed E-state index contributed by atoms with van der Waals surface area (Å²) in [7, 11) is 0.